The molecule has 0 bridgehead atoms. The predicted molar refractivity (Wildman–Crippen MR) is 83.1 cm³/mol. The molecule has 1 heterocycles. The number of fused-ring (bicyclic) bond motifs is 1. The van der Waals surface area contributed by atoms with Crippen molar-refractivity contribution in [1.29, 1.82) is 0 Å². The third-order valence-corrected chi connectivity index (χ3v) is 3.74. The minimum absolute atomic E-state index is 0.184. The van der Waals surface area contributed by atoms with Crippen molar-refractivity contribution in [3.8, 4) is 5.75 Å². The van der Waals surface area contributed by atoms with Crippen LogP contribution in [0.15, 0.2) is 48.5 Å². The second-order valence-corrected chi connectivity index (χ2v) is 5.11. The van der Waals surface area contributed by atoms with Crippen molar-refractivity contribution >= 4 is 10.9 Å². The van der Waals surface area contributed by atoms with Crippen molar-refractivity contribution < 1.29 is 9.13 Å². The van der Waals surface area contributed by atoms with Crippen molar-refractivity contribution in [2.75, 3.05) is 0 Å². The smallest absolute Gasteiger partial charge is 0.147 e. The molecule has 0 aliphatic carbocycles. The van der Waals surface area contributed by atoms with Gasteiger partial charge in [0, 0.05) is 11.9 Å². The van der Waals surface area contributed by atoms with Gasteiger partial charge in [-0.25, -0.2) is 4.39 Å². The number of hydrogen-bond donors (Lipinski definition) is 0. The van der Waals surface area contributed by atoms with E-state index in [1.165, 1.54) is 6.07 Å². The molecule has 0 saturated heterocycles. The average molecular weight is 283 g/mol. The number of hydrogen-bond acceptors (Lipinski definition) is 1. The fourth-order valence-corrected chi connectivity index (χ4v) is 2.69. The zero-order valence-corrected chi connectivity index (χ0v) is 12.3. The first-order valence-corrected chi connectivity index (χ1v) is 7.15. The molecular weight excluding hydrogens is 265 g/mol. The second kappa shape index (κ2) is 5.60. The lowest BCUT2D eigenvalue weighted by molar-refractivity contribution is 0.294. The molecule has 108 valence electrons. The van der Waals surface area contributed by atoms with E-state index in [9.17, 15) is 4.39 Å². The van der Waals surface area contributed by atoms with Gasteiger partial charge >= 0.3 is 0 Å². The maximum Gasteiger partial charge on any atom is 0.147 e. The lowest BCUT2D eigenvalue weighted by atomic mass is 10.2. The van der Waals surface area contributed by atoms with Crippen LogP contribution in [0.2, 0.25) is 0 Å². The highest BCUT2D eigenvalue weighted by molar-refractivity contribution is 5.81. The first-order valence-electron chi connectivity index (χ1n) is 7.15. The molecule has 0 N–H and O–H groups in total. The van der Waals surface area contributed by atoms with Crippen LogP contribution >= 0.6 is 0 Å². The van der Waals surface area contributed by atoms with Gasteiger partial charge in [0.2, 0.25) is 0 Å². The minimum Gasteiger partial charge on any atom is -0.487 e. The van der Waals surface area contributed by atoms with Crippen LogP contribution in [-0.2, 0) is 13.2 Å². The zero-order valence-electron chi connectivity index (χ0n) is 12.3. The van der Waals surface area contributed by atoms with Crippen molar-refractivity contribution in [2.24, 2.45) is 0 Å². The molecule has 0 unspecified atom stereocenters. The monoisotopic (exact) mass is 283 g/mol. The Hall–Kier alpha value is -2.29. The van der Waals surface area contributed by atoms with Gasteiger partial charge in [-0.2, -0.15) is 0 Å². The Bertz CT molecular complexity index is 776. The fourth-order valence-electron chi connectivity index (χ4n) is 2.69. The van der Waals surface area contributed by atoms with Gasteiger partial charge in [-0.05, 0) is 37.6 Å². The molecule has 0 aliphatic heterocycles. The number of nitrogens with zero attached hydrogens (tertiary/aromatic N) is 1. The molecule has 0 amide bonds. The molecule has 0 atom stereocenters. The summed E-state index contributed by atoms with van der Waals surface area (Å²) in [4.78, 5) is 0. The SMILES string of the molecule is CCn1c(COc2ccccc2C)cc2cccc(F)c21. The summed E-state index contributed by atoms with van der Waals surface area (Å²) in [6.07, 6.45) is 0. The molecule has 0 fully saturated rings. The summed E-state index contributed by atoms with van der Waals surface area (Å²) in [5.41, 5.74) is 2.74. The largest absolute Gasteiger partial charge is 0.487 e. The number of para-hydroxylation sites is 2. The average Bonchev–Trinajstić information content (AvgIpc) is 2.85. The number of rotatable bonds is 4. The Balaban J connectivity index is 1.94. The van der Waals surface area contributed by atoms with Crippen LogP contribution in [0, 0.1) is 12.7 Å². The van der Waals surface area contributed by atoms with E-state index in [0.29, 0.717) is 12.1 Å². The van der Waals surface area contributed by atoms with Crippen LogP contribution in [0.3, 0.4) is 0 Å². The molecule has 2 aromatic carbocycles. The van der Waals surface area contributed by atoms with E-state index in [1.54, 1.807) is 6.07 Å². The number of aryl methyl sites for hydroxylation is 2. The molecule has 0 aliphatic rings. The van der Waals surface area contributed by atoms with Crippen LogP contribution in [0.4, 0.5) is 4.39 Å². The van der Waals surface area contributed by atoms with Crippen LogP contribution in [0.1, 0.15) is 18.2 Å². The zero-order chi connectivity index (χ0) is 14.8. The Labute approximate surface area is 123 Å². The van der Waals surface area contributed by atoms with Crippen LogP contribution in [-0.4, -0.2) is 4.57 Å². The summed E-state index contributed by atoms with van der Waals surface area (Å²) in [5.74, 6) is 0.683. The maximum atomic E-state index is 14.0. The summed E-state index contributed by atoms with van der Waals surface area (Å²) >= 11 is 0. The lowest BCUT2D eigenvalue weighted by Crippen LogP contribution is -2.05. The summed E-state index contributed by atoms with van der Waals surface area (Å²) in [7, 11) is 0. The highest BCUT2D eigenvalue weighted by Crippen LogP contribution is 2.24. The van der Waals surface area contributed by atoms with Crippen molar-refractivity contribution in [3.05, 3.63) is 65.6 Å². The number of benzene rings is 2. The highest BCUT2D eigenvalue weighted by atomic mass is 19.1. The summed E-state index contributed by atoms with van der Waals surface area (Å²) in [6.45, 7) is 5.19. The van der Waals surface area contributed by atoms with E-state index >= 15 is 0 Å². The molecule has 2 nitrogen and oxygen atoms in total. The minimum atomic E-state index is -0.184. The van der Waals surface area contributed by atoms with Gasteiger partial charge in [0.1, 0.15) is 18.2 Å². The van der Waals surface area contributed by atoms with Gasteiger partial charge in [-0.1, -0.05) is 30.3 Å². The van der Waals surface area contributed by atoms with Crippen molar-refractivity contribution in [3.63, 3.8) is 0 Å². The van der Waals surface area contributed by atoms with Gasteiger partial charge in [0.05, 0.1) is 11.2 Å². The molecule has 3 aromatic rings. The molecule has 21 heavy (non-hydrogen) atoms. The van der Waals surface area contributed by atoms with Crippen LogP contribution in [0.25, 0.3) is 10.9 Å². The van der Waals surface area contributed by atoms with Gasteiger partial charge in [0.25, 0.3) is 0 Å². The van der Waals surface area contributed by atoms with Crippen LogP contribution < -0.4 is 4.74 Å². The summed E-state index contributed by atoms with van der Waals surface area (Å²) < 4.78 is 21.9. The fraction of sp³-hybridized carbons (Fsp3) is 0.222. The van der Waals surface area contributed by atoms with E-state index in [-0.39, 0.29) is 5.82 Å². The Kier molecular flexibility index (Phi) is 3.65. The third-order valence-electron chi connectivity index (χ3n) is 3.74. The Morgan fingerprint density at radius 1 is 1.10 bits per heavy atom. The molecular formula is C18H18FNO. The predicted octanol–water partition coefficient (Wildman–Crippen LogP) is 4.69. The molecule has 3 rings (SSSR count). The van der Waals surface area contributed by atoms with E-state index < -0.39 is 0 Å². The number of ether oxygens (including phenoxy) is 1. The second-order valence-electron chi connectivity index (χ2n) is 5.11. The van der Waals surface area contributed by atoms with E-state index in [1.807, 2.05) is 54.8 Å². The molecule has 3 heteroatoms. The highest BCUT2D eigenvalue weighted by Gasteiger charge is 2.12. The molecule has 0 saturated carbocycles. The van der Waals surface area contributed by atoms with Gasteiger partial charge in [0.15, 0.2) is 0 Å². The third kappa shape index (κ3) is 2.51. The lowest BCUT2D eigenvalue weighted by Gasteiger charge is -2.11. The van der Waals surface area contributed by atoms with Crippen LogP contribution in [0.5, 0.6) is 5.75 Å². The first kappa shape index (κ1) is 13.7. The van der Waals surface area contributed by atoms with Gasteiger partial charge < -0.3 is 9.30 Å². The molecule has 1 aromatic heterocycles. The van der Waals surface area contributed by atoms with Crippen molar-refractivity contribution in [2.45, 2.75) is 27.0 Å². The van der Waals surface area contributed by atoms with E-state index in [4.69, 9.17) is 4.74 Å². The van der Waals surface area contributed by atoms with E-state index in [0.717, 1.165) is 28.9 Å². The van der Waals surface area contributed by atoms with Crippen molar-refractivity contribution in [1.82, 2.24) is 4.57 Å². The Morgan fingerprint density at radius 3 is 2.67 bits per heavy atom. The molecule has 0 spiro atoms. The number of aromatic nitrogens is 1. The quantitative estimate of drug-likeness (QED) is 0.677. The first-order chi connectivity index (χ1) is 10.2. The van der Waals surface area contributed by atoms with Gasteiger partial charge in [-0.3, -0.25) is 0 Å². The Morgan fingerprint density at radius 2 is 1.90 bits per heavy atom. The van der Waals surface area contributed by atoms with E-state index in [2.05, 4.69) is 0 Å². The molecule has 0 radical (unpaired) electrons. The summed E-state index contributed by atoms with van der Waals surface area (Å²) in [6, 6.07) is 15.1. The van der Waals surface area contributed by atoms with Gasteiger partial charge in [-0.15, -0.1) is 0 Å². The normalized spacial score (nSPS) is 11.0. The summed E-state index contributed by atoms with van der Waals surface area (Å²) in [5, 5.41) is 0.917. The standard InChI is InChI=1S/C18H18FNO/c1-3-20-15(11-14-8-6-9-16(19)18(14)20)12-21-17-10-5-4-7-13(17)2/h4-11H,3,12H2,1-2H3. The number of halogens is 1. The maximum absolute atomic E-state index is 14.0. The topological polar surface area (TPSA) is 14.2 Å².